The van der Waals surface area contributed by atoms with Gasteiger partial charge in [-0.1, -0.05) is 25.5 Å². The molecule has 1 atom stereocenters. The summed E-state index contributed by atoms with van der Waals surface area (Å²) in [4.78, 5) is 2.48. The van der Waals surface area contributed by atoms with Gasteiger partial charge in [0.25, 0.3) is 0 Å². The second-order valence-corrected chi connectivity index (χ2v) is 5.56. The molecular formula is C16H25NO. The minimum Gasteiger partial charge on any atom is -0.497 e. The van der Waals surface area contributed by atoms with Gasteiger partial charge in [0.05, 0.1) is 7.11 Å². The minimum absolute atomic E-state index is 0.305. The van der Waals surface area contributed by atoms with Crippen LogP contribution in [0.4, 0.5) is 0 Å². The molecule has 2 rings (SSSR count). The Hall–Kier alpha value is -1.02. The first-order valence-corrected chi connectivity index (χ1v) is 7.03. The zero-order chi connectivity index (χ0) is 13.0. The van der Waals surface area contributed by atoms with Gasteiger partial charge in [-0.2, -0.15) is 0 Å². The van der Waals surface area contributed by atoms with Crippen LogP contribution in [0.5, 0.6) is 5.75 Å². The van der Waals surface area contributed by atoms with Gasteiger partial charge in [-0.3, -0.25) is 0 Å². The van der Waals surface area contributed by atoms with E-state index in [1.54, 1.807) is 7.11 Å². The summed E-state index contributed by atoms with van der Waals surface area (Å²) >= 11 is 0. The average molecular weight is 247 g/mol. The molecule has 0 saturated carbocycles. The van der Waals surface area contributed by atoms with Crippen LogP contribution >= 0.6 is 0 Å². The van der Waals surface area contributed by atoms with Crippen molar-refractivity contribution in [1.82, 2.24) is 4.90 Å². The second-order valence-electron chi connectivity index (χ2n) is 5.56. The highest BCUT2D eigenvalue weighted by molar-refractivity contribution is 5.34. The summed E-state index contributed by atoms with van der Waals surface area (Å²) < 4.78 is 5.38. The Labute approximate surface area is 111 Å². The lowest BCUT2D eigenvalue weighted by molar-refractivity contribution is 0.256. The monoisotopic (exact) mass is 247 g/mol. The van der Waals surface area contributed by atoms with Crippen LogP contribution in [0, 0.1) is 0 Å². The third kappa shape index (κ3) is 2.69. The summed E-state index contributed by atoms with van der Waals surface area (Å²) in [5.74, 6) is 0.979. The number of hydrogen-bond donors (Lipinski definition) is 0. The Kier molecular flexibility index (Phi) is 4.28. The molecule has 18 heavy (non-hydrogen) atoms. The third-order valence-electron chi connectivity index (χ3n) is 4.38. The smallest absolute Gasteiger partial charge is 0.119 e. The number of rotatable bonds is 3. The van der Waals surface area contributed by atoms with Crippen molar-refractivity contribution in [2.24, 2.45) is 0 Å². The van der Waals surface area contributed by atoms with Gasteiger partial charge in [0.15, 0.2) is 0 Å². The SMILES string of the molecule is CCC1(c2cccc(OC)c2)CCCCN(C)C1. The molecule has 0 bridgehead atoms. The molecule has 1 unspecified atom stereocenters. The highest BCUT2D eigenvalue weighted by atomic mass is 16.5. The normalized spacial score (nSPS) is 25.7. The summed E-state index contributed by atoms with van der Waals surface area (Å²) in [5, 5.41) is 0. The maximum Gasteiger partial charge on any atom is 0.119 e. The van der Waals surface area contributed by atoms with Gasteiger partial charge in [-0.05, 0) is 50.6 Å². The highest BCUT2D eigenvalue weighted by Gasteiger charge is 2.33. The fourth-order valence-corrected chi connectivity index (χ4v) is 3.20. The van der Waals surface area contributed by atoms with E-state index in [-0.39, 0.29) is 0 Å². The Morgan fingerprint density at radius 2 is 2.17 bits per heavy atom. The van der Waals surface area contributed by atoms with E-state index in [9.17, 15) is 0 Å². The fourth-order valence-electron chi connectivity index (χ4n) is 3.20. The van der Waals surface area contributed by atoms with Gasteiger partial charge in [0.1, 0.15) is 5.75 Å². The minimum atomic E-state index is 0.305. The summed E-state index contributed by atoms with van der Waals surface area (Å²) in [5.41, 5.74) is 1.75. The molecule has 0 amide bonds. The predicted molar refractivity (Wildman–Crippen MR) is 76.3 cm³/mol. The van der Waals surface area contributed by atoms with Crippen LogP contribution in [-0.4, -0.2) is 32.1 Å². The van der Waals surface area contributed by atoms with Crippen molar-refractivity contribution in [2.75, 3.05) is 27.2 Å². The zero-order valence-corrected chi connectivity index (χ0v) is 11.9. The number of nitrogens with zero attached hydrogens (tertiary/aromatic N) is 1. The van der Waals surface area contributed by atoms with E-state index < -0.39 is 0 Å². The van der Waals surface area contributed by atoms with Crippen LogP contribution in [0.2, 0.25) is 0 Å². The van der Waals surface area contributed by atoms with Crippen LogP contribution in [0.15, 0.2) is 24.3 Å². The maximum atomic E-state index is 5.38. The molecular weight excluding hydrogens is 222 g/mol. The van der Waals surface area contributed by atoms with Crippen molar-refractivity contribution in [3.05, 3.63) is 29.8 Å². The molecule has 2 heteroatoms. The first-order chi connectivity index (χ1) is 8.70. The van der Waals surface area contributed by atoms with Gasteiger partial charge in [0, 0.05) is 12.0 Å². The van der Waals surface area contributed by atoms with Crippen LogP contribution in [-0.2, 0) is 5.41 Å². The number of hydrogen-bond acceptors (Lipinski definition) is 2. The Balaban J connectivity index is 2.34. The molecule has 1 aromatic carbocycles. The number of benzene rings is 1. The maximum absolute atomic E-state index is 5.38. The number of likely N-dealkylation sites (tertiary alicyclic amines) is 1. The molecule has 0 aliphatic carbocycles. The topological polar surface area (TPSA) is 12.5 Å². The van der Waals surface area contributed by atoms with E-state index in [1.807, 2.05) is 6.07 Å². The van der Waals surface area contributed by atoms with Crippen LogP contribution < -0.4 is 4.74 Å². The lowest BCUT2D eigenvalue weighted by atomic mass is 9.74. The summed E-state index contributed by atoms with van der Waals surface area (Å²) in [6.07, 6.45) is 5.14. The first kappa shape index (κ1) is 13.4. The van der Waals surface area contributed by atoms with E-state index in [0.29, 0.717) is 5.41 Å². The first-order valence-electron chi connectivity index (χ1n) is 7.03. The summed E-state index contributed by atoms with van der Waals surface area (Å²) in [6.45, 7) is 4.71. The van der Waals surface area contributed by atoms with Crippen molar-refractivity contribution >= 4 is 0 Å². The molecule has 1 fully saturated rings. The van der Waals surface area contributed by atoms with Crippen molar-refractivity contribution < 1.29 is 4.74 Å². The molecule has 0 N–H and O–H groups in total. The van der Waals surface area contributed by atoms with E-state index in [2.05, 4.69) is 37.1 Å². The lowest BCUT2D eigenvalue weighted by Crippen LogP contribution is -2.37. The van der Waals surface area contributed by atoms with E-state index in [1.165, 1.54) is 37.8 Å². The van der Waals surface area contributed by atoms with E-state index >= 15 is 0 Å². The van der Waals surface area contributed by atoms with Gasteiger partial charge in [-0.25, -0.2) is 0 Å². The average Bonchev–Trinajstić information content (AvgIpc) is 2.61. The fraction of sp³-hybridized carbons (Fsp3) is 0.625. The summed E-state index contributed by atoms with van der Waals surface area (Å²) in [6, 6.07) is 8.65. The van der Waals surface area contributed by atoms with Crippen molar-refractivity contribution in [3.63, 3.8) is 0 Å². The molecule has 2 nitrogen and oxygen atoms in total. The largest absolute Gasteiger partial charge is 0.497 e. The van der Waals surface area contributed by atoms with Gasteiger partial charge >= 0.3 is 0 Å². The van der Waals surface area contributed by atoms with Crippen LogP contribution in [0.1, 0.15) is 38.2 Å². The number of likely N-dealkylation sites (N-methyl/N-ethyl adjacent to an activating group) is 1. The zero-order valence-electron chi connectivity index (χ0n) is 11.9. The second kappa shape index (κ2) is 5.75. The molecule has 0 spiro atoms. The van der Waals surface area contributed by atoms with Crippen molar-refractivity contribution in [3.8, 4) is 5.75 Å². The predicted octanol–water partition coefficient (Wildman–Crippen LogP) is 3.46. The van der Waals surface area contributed by atoms with Gasteiger partial charge in [-0.15, -0.1) is 0 Å². The lowest BCUT2D eigenvalue weighted by Gasteiger charge is -2.35. The molecule has 100 valence electrons. The molecule has 1 aliphatic heterocycles. The van der Waals surface area contributed by atoms with Gasteiger partial charge < -0.3 is 9.64 Å². The van der Waals surface area contributed by atoms with Crippen LogP contribution in [0.3, 0.4) is 0 Å². The van der Waals surface area contributed by atoms with E-state index in [4.69, 9.17) is 4.74 Å². The quantitative estimate of drug-likeness (QED) is 0.811. The Bertz CT molecular complexity index is 390. The molecule has 1 heterocycles. The molecule has 0 radical (unpaired) electrons. The summed E-state index contributed by atoms with van der Waals surface area (Å²) in [7, 11) is 3.99. The van der Waals surface area contributed by atoms with E-state index in [0.717, 1.165) is 12.3 Å². The number of ether oxygens (including phenoxy) is 1. The van der Waals surface area contributed by atoms with Crippen molar-refractivity contribution in [2.45, 2.75) is 38.0 Å². The standard InChI is InChI=1S/C16H25NO/c1-4-16(10-5-6-11-17(2)13-16)14-8-7-9-15(12-14)18-3/h7-9,12H,4-6,10-11,13H2,1-3H3. The van der Waals surface area contributed by atoms with Gasteiger partial charge in [0.2, 0.25) is 0 Å². The Morgan fingerprint density at radius 1 is 1.33 bits per heavy atom. The molecule has 1 aliphatic rings. The highest BCUT2D eigenvalue weighted by Crippen LogP contribution is 2.37. The Morgan fingerprint density at radius 3 is 2.89 bits per heavy atom. The van der Waals surface area contributed by atoms with Crippen LogP contribution in [0.25, 0.3) is 0 Å². The molecule has 1 aromatic rings. The number of methoxy groups -OCH3 is 1. The molecule has 0 aromatic heterocycles. The van der Waals surface area contributed by atoms with Crippen molar-refractivity contribution in [1.29, 1.82) is 0 Å². The molecule has 1 saturated heterocycles. The third-order valence-corrected chi connectivity index (χ3v) is 4.38.